The molecule has 4 heteroatoms. The molecule has 0 aliphatic rings. The predicted octanol–water partition coefficient (Wildman–Crippen LogP) is 5.74. The maximum absolute atomic E-state index is 12.1. The van der Waals surface area contributed by atoms with E-state index in [0.29, 0.717) is 13.2 Å². The Morgan fingerprint density at radius 2 is 1.93 bits per heavy atom. The van der Waals surface area contributed by atoms with Crippen LogP contribution in [0.5, 0.6) is 5.75 Å². The molecule has 3 rings (SSSR count). The summed E-state index contributed by atoms with van der Waals surface area (Å²) < 4.78 is 11.6. The number of amides is 1. The molecule has 1 heterocycles. The van der Waals surface area contributed by atoms with Crippen LogP contribution in [0.2, 0.25) is 0 Å². The van der Waals surface area contributed by atoms with E-state index in [2.05, 4.69) is 42.6 Å². The van der Waals surface area contributed by atoms with Crippen molar-refractivity contribution in [3.8, 4) is 16.9 Å². The van der Waals surface area contributed by atoms with Gasteiger partial charge in [-0.05, 0) is 44.4 Å². The molecular weight excluding hydrogens is 350 g/mol. The molecule has 0 spiro atoms. The van der Waals surface area contributed by atoms with E-state index in [1.807, 2.05) is 26.8 Å². The lowest BCUT2D eigenvalue weighted by molar-refractivity contribution is -0.116. The van der Waals surface area contributed by atoms with Gasteiger partial charge >= 0.3 is 0 Å². The quantitative estimate of drug-likeness (QED) is 0.535. The Bertz CT molecular complexity index is 997. The highest BCUT2D eigenvalue weighted by Crippen LogP contribution is 2.37. The number of hydrogen-bond acceptors (Lipinski definition) is 3. The van der Waals surface area contributed by atoms with Gasteiger partial charge in [0.1, 0.15) is 11.3 Å². The van der Waals surface area contributed by atoms with E-state index in [1.165, 1.54) is 5.56 Å². The van der Waals surface area contributed by atoms with Gasteiger partial charge in [-0.25, -0.2) is 0 Å². The average Bonchev–Trinajstić information content (AvgIpc) is 3.09. The molecule has 1 N–H and O–H groups in total. The highest BCUT2D eigenvalue weighted by atomic mass is 16.5. The Balaban J connectivity index is 2.08. The number of carbonyl (C=O) groups is 1. The largest absolute Gasteiger partial charge is 0.493 e. The lowest BCUT2D eigenvalue weighted by Gasteiger charge is -2.12. The van der Waals surface area contributed by atoms with Gasteiger partial charge in [0.05, 0.1) is 12.9 Å². The van der Waals surface area contributed by atoms with E-state index in [4.69, 9.17) is 9.15 Å². The molecule has 0 aliphatic carbocycles. The first-order valence-corrected chi connectivity index (χ1v) is 9.75. The first-order valence-electron chi connectivity index (χ1n) is 9.75. The van der Waals surface area contributed by atoms with E-state index in [-0.39, 0.29) is 5.91 Å². The number of allylic oxidation sites excluding steroid dienone is 1. The normalized spacial score (nSPS) is 11.6. The predicted molar refractivity (Wildman–Crippen MR) is 115 cm³/mol. The minimum absolute atomic E-state index is 0.0900. The van der Waals surface area contributed by atoms with Crippen LogP contribution in [0.15, 0.2) is 53.2 Å². The number of aryl methyl sites for hydroxylation is 1. The molecule has 146 valence electrons. The second-order valence-electron chi connectivity index (χ2n) is 6.91. The zero-order valence-corrected chi connectivity index (χ0v) is 17.0. The standard InChI is InChI=1S/C24H27NO3/c1-5-11-25-24(26)12-17(4)19-13-20-21(18-9-7-16(3)8-10-18)15-28-23(20)14-22(19)27-6-2/h7-10,12-15H,5-6,11H2,1-4H3,(H,25,26)/b17-12+. The van der Waals surface area contributed by atoms with Crippen LogP contribution < -0.4 is 10.1 Å². The van der Waals surface area contributed by atoms with E-state index < -0.39 is 0 Å². The van der Waals surface area contributed by atoms with Crippen molar-refractivity contribution >= 4 is 22.4 Å². The van der Waals surface area contributed by atoms with Crippen molar-refractivity contribution in [3.05, 3.63) is 59.9 Å². The van der Waals surface area contributed by atoms with Crippen molar-refractivity contribution in [1.82, 2.24) is 5.32 Å². The number of hydrogen-bond donors (Lipinski definition) is 1. The van der Waals surface area contributed by atoms with Gasteiger partial charge < -0.3 is 14.5 Å². The van der Waals surface area contributed by atoms with Crippen LogP contribution in [-0.4, -0.2) is 19.1 Å². The Kier molecular flexibility index (Phi) is 6.19. The van der Waals surface area contributed by atoms with Gasteiger partial charge in [0.2, 0.25) is 5.91 Å². The number of fused-ring (bicyclic) bond motifs is 1. The van der Waals surface area contributed by atoms with Crippen molar-refractivity contribution in [3.63, 3.8) is 0 Å². The van der Waals surface area contributed by atoms with Gasteiger partial charge in [0.25, 0.3) is 0 Å². The summed E-state index contributed by atoms with van der Waals surface area (Å²) in [6, 6.07) is 12.3. The van der Waals surface area contributed by atoms with Gasteiger partial charge in [-0.3, -0.25) is 4.79 Å². The molecule has 0 radical (unpaired) electrons. The van der Waals surface area contributed by atoms with Crippen molar-refractivity contribution in [2.24, 2.45) is 0 Å². The zero-order valence-electron chi connectivity index (χ0n) is 17.0. The zero-order chi connectivity index (χ0) is 20.1. The summed E-state index contributed by atoms with van der Waals surface area (Å²) in [4.78, 5) is 12.1. The molecule has 28 heavy (non-hydrogen) atoms. The number of benzene rings is 2. The van der Waals surface area contributed by atoms with Gasteiger partial charge in [0.15, 0.2) is 0 Å². The Hall–Kier alpha value is -3.01. The SMILES string of the molecule is CCCNC(=O)/C=C(\C)c1cc2c(-c3ccc(C)cc3)coc2cc1OCC. The van der Waals surface area contributed by atoms with Gasteiger partial charge in [-0.2, -0.15) is 0 Å². The second-order valence-corrected chi connectivity index (χ2v) is 6.91. The van der Waals surface area contributed by atoms with Crippen molar-refractivity contribution < 1.29 is 13.9 Å². The first kappa shape index (κ1) is 19.7. The van der Waals surface area contributed by atoms with Crippen LogP contribution in [0, 0.1) is 6.92 Å². The fourth-order valence-electron chi connectivity index (χ4n) is 3.17. The third-order valence-corrected chi connectivity index (χ3v) is 4.66. The third-order valence-electron chi connectivity index (χ3n) is 4.66. The van der Waals surface area contributed by atoms with Crippen LogP contribution in [0.1, 0.15) is 38.3 Å². The van der Waals surface area contributed by atoms with Crippen molar-refractivity contribution in [1.29, 1.82) is 0 Å². The molecule has 4 nitrogen and oxygen atoms in total. The summed E-state index contributed by atoms with van der Waals surface area (Å²) in [5.74, 6) is 0.629. The van der Waals surface area contributed by atoms with E-state index in [1.54, 1.807) is 12.3 Å². The Labute approximate surface area is 166 Å². The fourth-order valence-corrected chi connectivity index (χ4v) is 3.17. The topological polar surface area (TPSA) is 51.5 Å². The second kappa shape index (κ2) is 8.79. The fraction of sp³-hybridized carbons (Fsp3) is 0.292. The van der Waals surface area contributed by atoms with Crippen LogP contribution in [0.4, 0.5) is 0 Å². The molecule has 0 unspecified atom stereocenters. The molecule has 1 amide bonds. The number of carbonyl (C=O) groups excluding carboxylic acids is 1. The van der Waals surface area contributed by atoms with E-state index >= 15 is 0 Å². The molecule has 0 fully saturated rings. The lowest BCUT2D eigenvalue weighted by atomic mass is 9.99. The minimum atomic E-state index is -0.0900. The smallest absolute Gasteiger partial charge is 0.244 e. The molecule has 0 saturated heterocycles. The molecule has 0 saturated carbocycles. The number of furan rings is 1. The monoisotopic (exact) mass is 377 g/mol. The first-order chi connectivity index (χ1) is 13.5. The lowest BCUT2D eigenvalue weighted by Crippen LogP contribution is -2.21. The highest BCUT2D eigenvalue weighted by molar-refractivity contribution is 6.00. The number of ether oxygens (including phenoxy) is 1. The molecular formula is C24H27NO3. The molecule has 3 aromatic rings. The Morgan fingerprint density at radius 1 is 1.18 bits per heavy atom. The summed E-state index contributed by atoms with van der Waals surface area (Å²) in [5, 5.41) is 3.89. The molecule has 0 aliphatic heterocycles. The van der Waals surface area contributed by atoms with Crippen molar-refractivity contribution in [2.75, 3.05) is 13.2 Å². The van der Waals surface area contributed by atoms with Gasteiger partial charge in [0, 0.05) is 35.2 Å². The molecule has 0 atom stereocenters. The van der Waals surface area contributed by atoms with Crippen LogP contribution in [0.3, 0.4) is 0 Å². The summed E-state index contributed by atoms with van der Waals surface area (Å²) in [6.45, 7) is 9.19. The maximum atomic E-state index is 12.1. The average molecular weight is 377 g/mol. The number of nitrogens with one attached hydrogen (secondary N) is 1. The molecule has 0 bridgehead atoms. The Morgan fingerprint density at radius 3 is 2.61 bits per heavy atom. The summed E-state index contributed by atoms with van der Waals surface area (Å²) >= 11 is 0. The highest BCUT2D eigenvalue weighted by Gasteiger charge is 2.15. The van der Waals surface area contributed by atoms with Crippen LogP contribution >= 0.6 is 0 Å². The van der Waals surface area contributed by atoms with Crippen LogP contribution in [-0.2, 0) is 4.79 Å². The summed E-state index contributed by atoms with van der Waals surface area (Å²) in [7, 11) is 0. The summed E-state index contributed by atoms with van der Waals surface area (Å²) in [6.07, 6.45) is 4.32. The molecule has 1 aromatic heterocycles. The van der Waals surface area contributed by atoms with Crippen molar-refractivity contribution in [2.45, 2.75) is 34.1 Å². The number of rotatable bonds is 7. The van der Waals surface area contributed by atoms with Gasteiger partial charge in [-0.15, -0.1) is 0 Å². The summed E-state index contributed by atoms with van der Waals surface area (Å²) in [5.41, 5.74) is 5.87. The molecule has 2 aromatic carbocycles. The van der Waals surface area contributed by atoms with Crippen LogP contribution in [0.25, 0.3) is 27.7 Å². The van der Waals surface area contributed by atoms with E-state index in [0.717, 1.165) is 45.4 Å². The third kappa shape index (κ3) is 4.28. The van der Waals surface area contributed by atoms with E-state index in [9.17, 15) is 4.79 Å². The maximum Gasteiger partial charge on any atom is 0.244 e. The van der Waals surface area contributed by atoms with Gasteiger partial charge in [-0.1, -0.05) is 36.8 Å². The minimum Gasteiger partial charge on any atom is -0.493 e.